The molecule has 0 radical (unpaired) electrons. The van der Waals surface area contributed by atoms with Gasteiger partial charge in [-0.05, 0) is 54.8 Å². The van der Waals surface area contributed by atoms with Gasteiger partial charge in [0.2, 0.25) is 5.91 Å². The maximum Gasteiger partial charge on any atom is 0.242 e. The van der Waals surface area contributed by atoms with Crippen molar-refractivity contribution in [2.45, 2.75) is 18.9 Å². The first-order chi connectivity index (χ1) is 13.2. The molecule has 1 saturated heterocycles. The van der Waals surface area contributed by atoms with Gasteiger partial charge in [0.15, 0.2) is 11.5 Å². The van der Waals surface area contributed by atoms with Crippen LogP contribution in [0.15, 0.2) is 42.5 Å². The van der Waals surface area contributed by atoms with Crippen LogP contribution in [0.2, 0.25) is 0 Å². The molecule has 3 rings (SSSR count). The zero-order chi connectivity index (χ0) is 19.2. The Labute approximate surface area is 159 Å². The van der Waals surface area contributed by atoms with Crippen LogP contribution in [0.4, 0.5) is 5.69 Å². The predicted molar refractivity (Wildman–Crippen MR) is 103 cm³/mol. The summed E-state index contributed by atoms with van der Waals surface area (Å²) in [5.41, 5.74) is 2.47. The standard InChI is InChI=1S/C21H23N3O3/c1-26-19-10-7-16(12-20(19)27-2)18-4-3-11-24(18)21(25)14-23-17-8-5-15(13-22)6-9-17/h5-10,12,18,23H,3-4,11,14H2,1-2H3. The third kappa shape index (κ3) is 4.14. The number of nitrogens with zero attached hydrogens (tertiary/aromatic N) is 2. The minimum atomic E-state index is 0.0417. The summed E-state index contributed by atoms with van der Waals surface area (Å²) in [4.78, 5) is 14.7. The van der Waals surface area contributed by atoms with Gasteiger partial charge in [0, 0.05) is 12.2 Å². The molecule has 27 heavy (non-hydrogen) atoms. The highest BCUT2D eigenvalue weighted by Crippen LogP contribution is 2.36. The summed E-state index contributed by atoms with van der Waals surface area (Å²) < 4.78 is 10.7. The Balaban J connectivity index is 1.68. The molecule has 0 aromatic heterocycles. The first kappa shape index (κ1) is 18.6. The number of carbonyl (C=O) groups is 1. The third-order valence-corrected chi connectivity index (χ3v) is 4.82. The highest BCUT2D eigenvalue weighted by atomic mass is 16.5. The Morgan fingerprint density at radius 3 is 2.59 bits per heavy atom. The van der Waals surface area contributed by atoms with Crippen molar-refractivity contribution in [1.29, 1.82) is 5.26 Å². The SMILES string of the molecule is COc1ccc(C2CCCN2C(=O)CNc2ccc(C#N)cc2)cc1OC. The van der Waals surface area contributed by atoms with Crippen molar-refractivity contribution in [3.63, 3.8) is 0 Å². The molecule has 2 aromatic carbocycles. The lowest BCUT2D eigenvalue weighted by atomic mass is 10.0. The predicted octanol–water partition coefficient (Wildman–Crippen LogP) is 3.35. The number of benzene rings is 2. The van der Waals surface area contributed by atoms with Gasteiger partial charge in [0.25, 0.3) is 0 Å². The lowest BCUT2D eigenvalue weighted by Crippen LogP contribution is -2.35. The summed E-state index contributed by atoms with van der Waals surface area (Å²) in [6.45, 7) is 0.961. The molecule has 0 saturated carbocycles. The highest BCUT2D eigenvalue weighted by Gasteiger charge is 2.30. The van der Waals surface area contributed by atoms with E-state index in [-0.39, 0.29) is 18.5 Å². The van der Waals surface area contributed by atoms with Crippen molar-refractivity contribution < 1.29 is 14.3 Å². The highest BCUT2D eigenvalue weighted by molar-refractivity contribution is 5.81. The van der Waals surface area contributed by atoms with Gasteiger partial charge in [-0.25, -0.2) is 0 Å². The lowest BCUT2D eigenvalue weighted by molar-refractivity contribution is -0.130. The first-order valence-corrected chi connectivity index (χ1v) is 8.91. The molecule has 1 aliphatic rings. The Bertz CT molecular complexity index is 843. The number of hydrogen-bond donors (Lipinski definition) is 1. The second-order valence-electron chi connectivity index (χ2n) is 6.40. The van der Waals surface area contributed by atoms with E-state index in [0.29, 0.717) is 17.1 Å². The fourth-order valence-corrected chi connectivity index (χ4v) is 3.41. The number of nitriles is 1. The van der Waals surface area contributed by atoms with Gasteiger partial charge >= 0.3 is 0 Å². The molecule has 140 valence electrons. The molecule has 1 unspecified atom stereocenters. The molecule has 1 atom stereocenters. The van der Waals surface area contributed by atoms with Crippen molar-refractivity contribution in [3.05, 3.63) is 53.6 Å². The number of likely N-dealkylation sites (tertiary alicyclic amines) is 1. The minimum Gasteiger partial charge on any atom is -0.493 e. The molecular weight excluding hydrogens is 342 g/mol. The fourth-order valence-electron chi connectivity index (χ4n) is 3.41. The molecular formula is C21H23N3O3. The van der Waals surface area contributed by atoms with Gasteiger partial charge in [-0.2, -0.15) is 5.26 Å². The smallest absolute Gasteiger partial charge is 0.242 e. The van der Waals surface area contributed by atoms with E-state index in [4.69, 9.17) is 14.7 Å². The van der Waals surface area contributed by atoms with Crippen LogP contribution >= 0.6 is 0 Å². The molecule has 0 bridgehead atoms. The molecule has 1 aliphatic heterocycles. The van der Waals surface area contributed by atoms with E-state index < -0.39 is 0 Å². The molecule has 1 heterocycles. The van der Waals surface area contributed by atoms with Crippen molar-refractivity contribution in [3.8, 4) is 17.6 Å². The summed E-state index contributed by atoms with van der Waals surface area (Å²) in [6, 6.07) is 15.0. The van der Waals surface area contributed by atoms with E-state index in [1.54, 1.807) is 26.4 Å². The van der Waals surface area contributed by atoms with Gasteiger partial charge < -0.3 is 19.7 Å². The third-order valence-electron chi connectivity index (χ3n) is 4.82. The quantitative estimate of drug-likeness (QED) is 0.850. The number of amides is 1. The molecule has 1 fully saturated rings. The zero-order valence-corrected chi connectivity index (χ0v) is 15.6. The minimum absolute atomic E-state index is 0.0417. The maximum absolute atomic E-state index is 12.8. The van der Waals surface area contributed by atoms with Crippen LogP contribution in [0.25, 0.3) is 0 Å². The van der Waals surface area contributed by atoms with E-state index in [9.17, 15) is 4.79 Å². The van der Waals surface area contributed by atoms with Crippen molar-refractivity contribution >= 4 is 11.6 Å². The van der Waals surface area contributed by atoms with Gasteiger partial charge in [0.1, 0.15) is 0 Å². The molecule has 6 nitrogen and oxygen atoms in total. The summed E-state index contributed by atoms with van der Waals surface area (Å²) in [5, 5.41) is 12.0. The summed E-state index contributed by atoms with van der Waals surface area (Å²) in [6.07, 6.45) is 1.90. The van der Waals surface area contributed by atoms with Gasteiger partial charge in [-0.1, -0.05) is 6.07 Å². The second kappa shape index (κ2) is 8.45. The number of rotatable bonds is 6. The number of methoxy groups -OCH3 is 2. The Hall–Kier alpha value is -3.20. The van der Waals surface area contributed by atoms with Gasteiger partial charge in [-0.15, -0.1) is 0 Å². The average molecular weight is 365 g/mol. The Kier molecular flexibility index (Phi) is 5.82. The molecule has 6 heteroatoms. The normalized spacial score (nSPS) is 15.9. The van der Waals surface area contributed by atoms with Crippen LogP contribution in [0, 0.1) is 11.3 Å². The monoisotopic (exact) mass is 365 g/mol. The number of nitrogens with one attached hydrogen (secondary N) is 1. The van der Waals surface area contributed by atoms with Crippen LogP contribution in [-0.2, 0) is 4.79 Å². The van der Waals surface area contributed by atoms with Crippen LogP contribution in [0.3, 0.4) is 0 Å². The van der Waals surface area contributed by atoms with Crippen molar-refractivity contribution in [2.24, 2.45) is 0 Å². The van der Waals surface area contributed by atoms with Crippen LogP contribution in [0.1, 0.15) is 30.0 Å². The topological polar surface area (TPSA) is 74.6 Å². The molecule has 2 aromatic rings. The van der Waals surface area contributed by atoms with E-state index >= 15 is 0 Å². The lowest BCUT2D eigenvalue weighted by Gasteiger charge is -2.26. The maximum atomic E-state index is 12.8. The van der Waals surface area contributed by atoms with Gasteiger partial charge in [-0.3, -0.25) is 4.79 Å². The summed E-state index contributed by atoms with van der Waals surface area (Å²) in [7, 11) is 3.22. The Morgan fingerprint density at radius 1 is 1.19 bits per heavy atom. The number of ether oxygens (including phenoxy) is 2. The molecule has 0 spiro atoms. The summed E-state index contributed by atoms with van der Waals surface area (Å²) >= 11 is 0. The van der Waals surface area contributed by atoms with Crippen LogP contribution in [-0.4, -0.2) is 38.1 Å². The van der Waals surface area contributed by atoms with E-state index in [2.05, 4.69) is 11.4 Å². The number of carbonyl (C=O) groups excluding carboxylic acids is 1. The molecule has 1 amide bonds. The largest absolute Gasteiger partial charge is 0.493 e. The zero-order valence-electron chi connectivity index (χ0n) is 15.6. The van der Waals surface area contributed by atoms with Crippen molar-refractivity contribution in [1.82, 2.24) is 4.90 Å². The number of hydrogen-bond acceptors (Lipinski definition) is 5. The molecule has 1 N–H and O–H groups in total. The fraction of sp³-hybridized carbons (Fsp3) is 0.333. The molecule has 0 aliphatic carbocycles. The van der Waals surface area contributed by atoms with E-state index in [0.717, 1.165) is 30.6 Å². The van der Waals surface area contributed by atoms with Crippen LogP contribution < -0.4 is 14.8 Å². The van der Waals surface area contributed by atoms with E-state index in [1.807, 2.05) is 35.2 Å². The number of anilines is 1. The van der Waals surface area contributed by atoms with Crippen LogP contribution in [0.5, 0.6) is 11.5 Å². The first-order valence-electron chi connectivity index (χ1n) is 8.91. The van der Waals surface area contributed by atoms with Crippen molar-refractivity contribution in [2.75, 3.05) is 32.6 Å². The Morgan fingerprint density at radius 2 is 1.93 bits per heavy atom. The summed E-state index contributed by atoms with van der Waals surface area (Å²) in [5.74, 6) is 1.40. The average Bonchev–Trinajstić information content (AvgIpc) is 3.21. The van der Waals surface area contributed by atoms with E-state index in [1.165, 1.54) is 0 Å². The second-order valence-corrected chi connectivity index (χ2v) is 6.40. The van der Waals surface area contributed by atoms with Gasteiger partial charge in [0.05, 0.1) is 38.4 Å².